The van der Waals surface area contributed by atoms with E-state index in [0.29, 0.717) is 34.0 Å². The minimum absolute atomic E-state index is 0.0109. The van der Waals surface area contributed by atoms with Crippen molar-refractivity contribution in [2.75, 3.05) is 11.5 Å². The van der Waals surface area contributed by atoms with Gasteiger partial charge in [-0.25, -0.2) is 0 Å². The Morgan fingerprint density at radius 2 is 1.78 bits per heavy atom. The predicted molar refractivity (Wildman–Crippen MR) is 143 cm³/mol. The first-order valence-corrected chi connectivity index (χ1v) is 12.8. The number of aliphatic hydroxyl groups is 1. The number of nitrogens with zero attached hydrogens (tertiary/aromatic N) is 1. The van der Waals surface area contributed by atoms with Crippen molar-refractivity contribution < 1.29 is 24.5 Å². The average Bonchev–Trinajstić information content (AvgIpc) is 3.15. The lowest BCUT2D eigenvalue weighted by Gasteiger charge is -2.27. The molecule has 1 aliphatic carbocycles. The van der Waals surface area contributed by atoms with Crippen LogP contribution in [0.1, 0.15) is 53.6 Å². The molecule has 1 heterocycles. The molecule has 0 radical (unpaired) electrons. The Morgan fingerprint density at radius 1 is 1.03 bits per heavy atom. The second kappa shape index (κ2) is 9.94. The number of fused-ring (bicyclic) bond motifs is 1. The molecule has 2 aliphatic rings. The van der Waals surface area contributed by atoms with E-state index in [2.05, 4.69) is 0 Å². The van der Waals surface area contributed by atoms with Gasteiger partial charge in [0.1, 0.15) is 5.76 Å². The van der Waals surface area contributed by atoms with Crippen molar-refractivity contribution in [3.05, 3.63) is 93.0 Å². The molecule has 1 unspecified atom stereocenters. The summed E-state index contributed by atoms with van der Waals surface area (Å²) >= 11 is 6.17. The molecular formula is C30H28ClNO5. The third kappa shape index (κ3) is 4.46. The molecular weight excluding hydrogens is 490 g/mol. The Hall–Kier alpha value is -3.77. The predicted octanol–water partition coefficient (Wildman–Crippen LogP) is 6.26. The molecule has 1 fully saturated rings. The number of aliphatic hydroxyl groups excluding tert-OH is 1. The van der Waals surface area contributed by atoms with Crippen molar-refractivity contribution in [2.24, 2.45) is 0 Å². The minimum atomic E-state index is -0.935. The van der Waals surface area contributed by atoms with E-state index in [1.54, 1.807) is 43.3 Å². The third-order valence-corrected chi connectivity index (χ3v) is 7.32. The Balaban J connectivity index is 1.72. The topological polar surface area (TPSA) is 87.1 Å². The first-order valence-electron chi connectivity index (χ1n) is 12.4. The second-order valence-corrected chi connectivity index (χ2v) is 9.89. The summed E-state index contributed by atoms with van der Waals surface area (Å²) < 4.78 is 5.58. The highest BCUT2D eigenvalue weighted by molar-refractivity contribution is 6.51. The number of Topliss-reactive ketones (excluding diaryl/α,β-unsaturated/α-hetero) is 1. The fraction of sp³-hybridized carbons (Fsp3) is 0.267. The van der Waals surface area contributed by atoms with Crippen LogP contribution in [-0.2, 0) is 22.4 Å². The number of anilines is 1. The van der Waals surface area contributed by atoms with E-state index in [9.17, 15) is 19.8 Å². The molecule has 37 heavy (non-hydrogen) atoms. The van der Waals surface area contributed by atoms with E-state index >= 15 is 0 Å². The minimum Gasteiger partial charge on any atom is -0.507 e. The summed E-state index contributed by atoms with van der Waals surface area (Å²) in [7, 11) is 0. The van der Waals surface area contributed by atoms with Gasteiger partial charge < -0.3 is 14.9 Å². The maximum absolute atomic E-state index is 13.5. The lowest BCUT2D eigenvalue weighted by molar-refractivity contribution is -0.132. The zero-order chi connectivity index (χ0) is 26.3. The maximum Gasteiger partial charge on any atom is 0.300 e. The summed E-state index contributed by atoms with van der Waals surface area (Å²) in [6, 6.07) is 14.6. The highest BCUT2D eigenvalue weighted by Gasteiger charge is 2.47. The largest absolute Gasteiger partial charge is 0.507 e. The highest BCUT2D eigenvalue weighted by Crippen LogP contribution is 2.45. The SMILES string of the molecule is CCOc1cc(C2/C(=C(\O)c3ccc4c(c3)CCCC4)C(=O)C(=O)N2c2ccc(Cl)cc2C)ccc1O. The summed E-state index contributed by atoms with van der Waals surface area (Å²) in [4.78, 5) is 28.4. The molecule has 0 saturated carbocycles. The first-order chi connectivity index (χ1) is 17.8. The number of benzene rings is 3. The van der Waals surface area contributed by atoms with Gasteiger partial charge in [0, 0.05) is 16.3 Å². The highest BCUT2D eigenvalue weighted by atomic mass is 35.5. The van der Waals surface area contributed by atoms with Crippen LogP contribution < -0.4 is 9.64 Å². The smallest absolute Gasteiger partial charge is 0.300 e. The summed E-state index contributed by atoms with van der Waals surface area (Å²) in [6.07, 6.45) is 4.11. The van der Waals surface area contributed by atoms with Crippen LogP contribution in [0, 0.1) is 6.92 Å². The number of amides is 1. The van der Waals surface area contributed by atoms with Crippen molar-refractivity contribution in [2.45, 2.75) is 45.6 Å². The van der Waals surface area contributed by atoms with Crippen molar-refractivity contribution in [3.8, 4) is 11.5 Å². The van der Waals surface area contributed by atoms with Gasteiger partial charge in [0.05, 0.1) is 18.2 Å². The standard InChI is InChI=1S/C30H28ClNO5/c1-3-37-25-16-20(10-13-24(25)33)27-26(28(34)21-9-8-18-6-4-5-7-19(18)15-21)29(35)30(36)32(27)23-12-11-22(31)14-17(23)2/h8-16,27,33-34H,3-7H2,1-2H3/b28-26+. The lowest BCUT2D eigenvalue weighted by atomic mass is 9.88. The van der Waals surface area contributed by atoms with Gasteiger partial charge in [0.15, 0.2) is 11.5 Å². The van der Waals surface area contributed by atoms with Crippen molar-refractivity contribution >= 4 is 34.7 Å². The number of carbonyl (C=O) groups is 2. The number of carbonyl (C=O) groups excluding carboxylic acids is 2. The summed E-state index contributed by atoms with van der Waals surface area (Å²) in [5.74, 6) is -1.58. The number of hydrogen-bond donors (Lipinski definition) is 2. The Morgan fingerprint density at radius 3 is 2.51 bits per heavy atom. The summed E-state index contributed by atoms with van der Waals surface area (Å²) in [5.41, 5.74) is 4.62. The summed E-state index contributed by atoms with van der Waals surface area (Å²) in [5, 5.41) is 22.3. The molecule has 0 bridgehead atoms. The number of hydrogen-bond acceptors (Lipinski definition) is 5. The average molecular weight is 518 g/mol. The molecule has 1 amide bonds. The van der Waals surface area contributed by atoms with Crippen LogP contribution in [0.15, 0.2) is 60.2 Å². The number of halogens is 1. The Bertz CT molecular complexity index is 1440. The fourth-order valence-corrected chi connectivity index (χ4v) is 5.52. The number of ketones is 1. The van der Waals surface area contributed by atoms with Crippen LogP contribution in [0.5, 0.6) is 11.5 Å². The number of rotatable bonds is 5. The van der Waals surface area contributed by atoms with Gasteiger partial charge in [-0.3, -0.25) is 14.5 Å². The van der Waals surface area contributed by atoms with Gasteiger partial charge in [-0.15, -0.1) is 0 Å². The van der Waals surface area contributed by atoms with Crippen molar-refractivity contribution in [1.29, 1.82) is 0 Å². The number of ether oxygens (including phenoxy) is 1. The van der Waals surface area contributed by atoms with E-state index in [4.69, 9.17) is 16.3 Å². The molecule has 0 spiro atoms. The lowest BCUT2D eigenvalue weighted by Crippen LogP contribution is -2.30. The van der Waals surface area contributed by atoms with Gasteiger partial charge in [-0.05, 0) is 98.2 Å². The molecule has 2 N–H and O–H groups in total. The first kappa shape index (κ1) is 24.9. The van der Waals surface area contributed by atoms with E-state index < -0.39 is 17.7 Å². The summed E-state index contributed by atoms with van der Waals surface area (Å²) in [6.45, 7) is 3.93. The molecule has 5 rings (SSSR count). The van der Waals surface area contributed by atoms with E-state index in [1.807, 2.05) is 19.1 Å². The normalized spacial score (nSPS) is 18.7. The molecule has 190 valence electrons. The molecule has 1 saturated heterocycles. The van der Waals surface area contributed by atoms with E-state index in [-0.39, 0.29) is 22.8 Å². The Kier molecular flexibility index (Phi) is 6.69. The maximum atomic E-state index is 13.5. The van der Waals surface area contributed by atoms with Crippen molar-refractivity contribution in [3.63, 3.8) is 0 Å². The fourth-order valence-electron chi connectivity index (χ4n) is 5.29. The number of aryl methyl sites for hydroxylation is 3. The molecule has 7 heteroatoms. The molecule has 1 atom stereocenters. The van der Waals surface area contributed by atoms with Crippen LogP contribution in [0.25, 0.3) is 5.76 Å². The van der Waals surface area contributed by atoms with Gasteiger partial charge in [-0.1, -0.05) is 29.8 Å². The van der Waals surface area contributed by atoms with Crippen LogP contribution in [0.3, 0.4) is 0 Å². The van der Waals surface area contributed by atoms with Gasteiger partial charge in [0.25, 0.3) is 11.7 Å². The number of phenolic OH excluding ortho intramolecular Hbond substituents is 1. The molecule has 3 aromatic carbocycles. The number of phenols is 1. The number of aromatic hydroxyl groups is 1. The van der Waals surface area contributed by atoms with Gasteiger partial charge >= 0.3 is 0 Å². The molecule has 3 aromatic rings. The third-order valence-electron chi connectivity index (χ3n) is 7.08. The van der Waals surface area contributed by atoms with E-state index in [1.165, 1.54) is 16.5 Å². The molecule has 0 aromatic heterocycles. The molecule has 1 aliphatic heterocycles. The van der Waals surface area contributed by atoms with Crippen LogP contribution >= 0.6 is 11.6 Å². The quantitative estimate of drug-likeness (QED) is 0.237. The molecule has 6 nitrogen and oxygen atoms in total. The zero-order valence-corrected chi connectivity index (χ0v) is 21.5. The van der Waals surface area contributed by atoms with Crippen molar-refractivity contribution in [1.82, 2.24) is 0 Å². The Labute approximate surface area is 220 Å². The zero-order valence-electron chi connectivity index (χ0n) is 20.8. The monoisotopic (exact) mass is 517 g/mol. The van der Waals surface area contributed by atoms with Gasteiger partial charge in [0.2, 0.25) is 0 Å². The van der Waals surface area contributed by atoms with Crippen LogP contribution in [-0.4, -0.2) is 28.5 Å². The second-order valence-electron chi connectivity index (χ2n) is 9.45. The van der Waals surface area contributed by atoms with Gasteiger partial charge in [-0.2, -0.15) is 0 Å². The van der Waals surface area contributed by atoms with Crippen LogP contribution in [0.2, 0.25) is 5.02 Å². The van der Waals surface area contributed by atoms with Crippen LogP contribution in [0.4, 0.5) is 5.69 Å². The van der Waals surface area contributed by atoms with E-state index in [0.717, 1.165) is 31.2 Å².